The number of nitrogens with zero attached hydrogens (tertiary/aromatic N) is 4. The summed E-state index contributed by atoms with van der Waals surface area (Å²) in [6.07, 6.45) is 5.56. The van der Waals surface area contributed by atoms with E-state index < -0.39 is 101 Å². The van der Waals surface area contributed by atoms with Crippen LogP contribution in [0.15, 0.2) is 249 Å². The molecule has 0 spiro atoms. The number of aromatic nitrogens is 4. The van der Waals surface area contributed by atoms with E-state index in [1.807, 2.05) is 131 Å². The van der Waals surface area contributed by atoms with Gasteiger partial charge in [-0.15, -0.1) is 0 Å². The van der Waals surface area contributed by atoms with Gasteiger partial charge in [0.15, 0.2) is 0 Å². The molecule has 13 aromatic rings. The van der Waals surface area contributed by atoms with Gasteiger partial charge in [-0.05, 0) is 144 Å². The zero-order chi connectivity index (χ0) is 61.5. The summed E-state index contributed by atoms with van der Waals surface area (Å²) in [6, 6.07) is 44.1. The van der Waals surface area contributed by atoms with E-state index in [1.165, 1.54) is 0 Å². The van der Waals surface area contributed by atoms with Gasteiger partial charge in [0.2, 0.25) is 0 Å². The fourth-order valence-corrected chi connectivity index (χ4v) is 10.5. The summed E-state index contributed by atoms with van der Waals surface area (Å²) in [6.45, 7) is 6.54. The molecule has 0 amide bonds. The third-order valence-corrected chi connectivity index (χ3v) is 14.0. The van der Waals surface area contributed by atoms with Crippen molar-refractivity contribution in [3.8, 4) is 95.5 Å². The van der Waals surface area contributed by atoms with Crippen LogP contribution in [0.4, 0.5) is 0 Å². The second-order valence-electron chi connectivity index (χ2n) is 19.5. The number of rotatable bonds is 7. The van der Waals surface area contributed by atoms with Crippen LogP contribution in [-0.4, -0.2) is 14.1 Å². The Bertz CT molecular complexity index is 5020. The average molecular weight is 976 g/mol. The van der Waals surface area contributed by atoms with Crippen LogP contribution >= 0.6 is 0 Å². The van der Waals surface area contributed by atoms with E-state index in [0.29, 0.717) is 39.5 Å². The number of para-hydroxylation sites is 3. The molecule has 0 radical (unpaired) electrons. The predicted octanol–water partition coefficient (Wildman–Crippen LogP) is 17.6. The van der Waals surface area contributed by atoms with E-state index in [9.17, 15) is 9.60 Å². The van der Waals surface area contributed by atoms with Gasteiger partial charge in [-0.1, -0.05) is 190 Å². The SMILES string of the molecule is [2H]c1c([2H])c([2H])c(-c2c([2H])c(-c3cccc4c3-[n+]3[c-]n(-c5cccc(Oc6ccc7c8ccccc8n(-c8cc(C(C)(C)C)ccn8)c7c6)c5)c5cccc(c53)-c3ccccc3-c3ccccc3-4)c([2H])c(-c3c([2H])c([2H])c([2H])c([2H])c3[2H])c2[2H])c([2H])c1[2H]. The maximum absolute atomic E-state index is 10.3. The molecule has 5 heteroatoms. The van der Waals surface area contributed by atoms with Crippen molar-refractivity contribution >= 4 is 32.8 Å². The van der Waals surface area contributed by atoms with Crippen molar-refractivity contribution in [1.82, 2.24) is 14.1 Å². The zero-order valence-electron chi connectivity index (χ0n) is 53.9. The first kappa shape index (κ1) is 32.5. The number of benzene rings is 10. The van der Waals surface area contributed by atoms with E-state index in [1.54, 1.807) is 12.1 Å². The highest BCUT2D eigenvalue weighted by atomic mass is 16.5. The molecule has 0 saturated heterocycles. The molecule has 0 atom stereocenters. The van der Waals surface area contributed by atoms with E-state index in [0.717, 1.165) is 61.0 Å². The van der Waals surface area contributed by atoms with Gasteiger partial charge in [-0.2, -0.15) is 0 Å². The highest BCUT2D eigenvalue weighted by molar-refractivity contribution is 6.09. The zero-order valence-corrected chi connectivity index (χ0v) is 40.9. The minimum atomic E-state index is -0.742. The lowest BCUT2D eigenvalue weighted by Crippen LogP contribution is -2.32. The lowest BCUT2D eigenvalue weighted by molar-refractivity contribution is -0.570. The van der Waals surface area contributed by atoms with Crippen LogP contribution in [0.1, 0.15) is 44.2 Å². The van der Waals surface area contributed by atoms with Gasteiger partial charge >= 0.3 is 0 Å². The summed E-state index contributed by atoms with van der Waals surface area (Å²) in [5.41, 5.74) is 8.01. The largest absolute Gasteiger partial charge is 0.458 e. The lowest BCUT2D eigenvalue weighted by atomic mass is 9.87. The summed E-state index contributed by atoms with van der Waals surface area (Å²) in [7, 11) is 0. The van der Waals surface area contributed by atoms with Gasteiger partial charge in [0, 0.05) is 23.0 Å². The molecule has 4 heterocycles. The third kappa shape index (κ3) is 7.54. The number of ether oxygens (including phenoxy) is 1. The van der Waals surface area contributed by atoms with Crippen molar-refractivity contribution < 1.29 is 27.1 Å². The van der Waals surface area contributed by atoms with E-state index in [4.69, 9.17) is 17.9 Å². The third-order valence-electron chi connectivity index (χ3n) is 14.0. The standard InChI is InChI=1S/C70H50N4O/c1-70(2,3)51-37-38-71-67(42-51)74-64-33-15-14-29-60(64)61-36-35-54(44-66(61)74)75-53-24-16-23-52(43-53)72-45-73-68-55(50-40-48(46-19-6-4-7-20-46)39-49(41-50)47-21-8-5-9-22-47)30-17-31-62(68)58-27-12-10-25-56(58)57-26-11-13-28-59(57)63-32-18-34-65(72)69(63)73/h4-44H,1-3H3/i4D,5D,6D,7D,8D,9D,19D,20D,21D,22D,39D,40D,41D. The Morgan fingerprint density at radius 3 is 1.76 bits per heavy atom. The van der Waals surface area contributed by atoms with Gasteiger partial charge in [0.25, 0.3) is 6.33 Å². The summed E-state index contributed by atoms with van der Waals surface area (Å²) >= 11 is 0. The van der Waals surface area contributed by atoms with Crippen LogP contribution in [0.25, 0.3) is 117 Å². The number of hydrogen-bond donors (Lipinski definition) is 0. The molecule has 0 unspecified atom stereocenters. The predicted molar refractivity (Wildman–Crippen MR) is 307 cm³/mol. The molecule has 5 nitrogen and oxygen atoms in total. The smallest absolute Gasteiger partial charge is 0.269 e. The summed E-state index contributed by atoms with van der Waals surface area (Å²) in [5, 5.41) is 2.11. The molecule has 1 aliphatic heterocycles. The molecule has 0 bridgehead atoms. The summed E-state index contributed by atoms with van der Waals surface area (Å²) < 4.78 is 132. The van der Waals surface area contributed by atoms with E-state index >= 15 is 0 Å². The molecule has 14 rings (SSSR count). The van der Waals surface area contributed by atoms with Crippen molar-refractivity contribution in [2.75, 3.05) is 0 Å². The molecule has 0 fully saturated rings. The monoisotopic (exact) mass is 975 g/mol. The second kappa shape index (κ2) is 17.6. The Labute approximate surface area is 454 Å². The molecule has 75 heavy (non-hydrogen) atoms. The minimum Gasteiger partial charge on any atom is -0.458 e. The Hall–Kier alpha value is -9.58. The van der Waals surface area contributed by atoms with Crippen molar-refractivity contribution in [2.45, 2.75) is 26.2 Å². The van der Waals surface area contributed by atoms with Crippen LogP contribution in [0.5, 0.6) is 11.5 Å². The topological polar surface area (TPSA) is 35.9 Å². The maximum atomic E-state index is 10.3. The lowest BCUT2D eigenvalue weighted by Gasteiger charge is -2.20. The molecule has 0 N–H and O–H groups in total. The quantitative estimate of drug-likeness (QED) is 0.118. The average Bonchev–Trinajstić information content (AvgIpc) is 1.33. The molecule has 1 aliphatic rings. The molecule has 356 valence electrons. The molecular formula is C70H50N4O. The highest BCUT2D eigenvalue weighted by Gasteiger charge is 2.27. The Morgan fingerprint density at radius 1 is 0.480 bits per heavy atom. The molecule has 0 aliphatic carbocycles. The number of hydrogen-bond acceptors (Lipinski definition) is 2. The first-order valence-corrected chi connectivity index (χ1v) is 24.6. The molecular weight excluding hydrogens is 913 g/mol. The Balaban J connectivity index is 1.03. The van der Waals surface area contributed by atoms with Crippen LogP contribution < -0.4 is 9.30 Å². The summed E-state index contributed by atoms with van der Waals surface area (Å²) in [5.74, 6) is 1.88. The van der Waals surface area contributed by atoms with Gasteiger partial charge in [0.05, 0.1) is 51.3 Å². The van der Waals surface area contributed by atoms with Crippen LogP contribution in [0.2, 0.25) is 0 Å². The van der Waals surface area contributed by atoms with Crippen molar-refractivity contribution in [3.63, 3.8) is 0 Å². The Morgan fingerprint density at radius 2 is 1.04 bits per heavy atom. The fourth-order valence-electron chi connectivity index (χ4n) is 10.5. The fraction of sp³-hybridized carbons (Fsp3) is 0.0571. The van der Waals surface area contributed by atoms with Crippen molar-refractivity contribution in [3.05, 3.63) is 260 Å². The molecule has 3 aromatic heterocycles. The number of fused-ring (bicyclic) bond motifs is 10. The van der Waals surface area contributed by atoms with Crippen LogP contribution in [-0.2, 0) is 5.41 Å². The van der Waals surface area contributed by atoms with E-state index in [2.05, 4.69) is 68.1 Å². The first-order chi connectivity index (χ1) is 42.2. The van der Waals surface area contributed by atoms with E-state index in [-0.39, 0.29) is 16.5 Å². The Kier molecular flexibility index (Phi) is 7.61. The second-order valence-corrected chi connectivity index (χ2v) is 19.5. The molecule has 10 aromatic carbocycles. The van der Waals surface area contributed by atoms with Crippen LogP contribution in [0.3, 0.4) is 0 Å². The summed E-state index contributed by atoms with van der Waals surface area (Å²) in [4.78, 5) is 4.87. The number of imidazole rings is 1. The highest BCUT2D eigenvalue weighted by Crippen LogP contribution is 2.46. The molecule has 0 saturated carbocycles. The van der Waals surface area contributed by atoms with Gasteiger partial charge < -0.3 is 4.74 Å². The van der Waals surface area contributed by atoms with Gasteiger partial charge in [0.1, 0.15) is 17.3 Å². The maximum Gasteiger partial charge on any atom is 0.269 e. The van der Waals surface area contributed by atoms with Gasteiger partial charge in [-0.25, -0.2) is 4.98 Å². The van der Waals surface area contributed by atoms with Gasteiger partial charge in [-0.3, -0.25) is 13.7 Å². The number of pyridine rings is 1. The first-order valence-electron chi connectivity index (χ1n) is 31.1. The minimum absolute atomic E-state index is 0.114. The van der Waals surface area contributed by atoms with Crippen molar-refractivity contribution in [1.29, 1.82) is 0 Å². The van der Waals surface area contributed by atoms with Crippen molar-refractivity contribution in [2.24, 2.45) is 0 Å². The normalized spacial score (nSPS) is 14.4. The van der Waals surface area contributed by atoms with Crippen LogP contribution in [0, 0.1) is 6.33 Å².